The van der Waals surface area contributed by atoms with Gasteiger partial charge in [-0.3, -0.25) is 13.5 Å². The highest BCUT2D eigenvalue weighted by atomic mass is 15.2. The van der Waals surface area contributed by atoms with Gasteiger partial charge in [-0.05, 0) is 76.9 Å². The molecule has 6 heteroatoms. The highest BCUT2D eigenvalue weighted by Gasteiger charge is 2.24. The number of rotatable bonds is 8. The van der Waals surface area contributed by atoms with Crippen LogP contribution in [0.25, 0.3) is 72.0 Å². The fraction of sp³-hybridized carbons (Fsp3) is 0.111. The topological polar surface area (TPSA) is 43.3 Å². The molecule has 0 spiro atoms. The molecule has 0 bridgehead atoms. The number of hydrogen-bond acceptors (Lipinski definition) is 3. The molecule has 0 aliphatic rings. The zero-order chi connectivity index (χ0) is 40.5. The molecule has 0 aliphatic carbocycles. The summed E-state index contributed by atoms with van der Waals surface area (Å²) < 4.78 is 6.98. The Morgan fingerprint density at radius 2 is 1.08 bits per heavy atom. The Bertz CT molecular complexity index is 3360. The number of imidazole rings is 2. The largest absolute Gasteiger partial charge is 0.310 e. The molecule has 0 fully saturated rings. The Balaban J connectivity index is 1.16. The molecule has 11 aromatic rings. The Kier molecular flexibility index (Phi) is 8.41. The molecular weight excluding hydrogens is 733 g/mol. The third-order valence-corrected chi connectivity index (χ3v) is 12.1. The molecule has 0 aliphatic heterocycles. The summed E-state index contributed by atoms with van der Waals surface area (Å²) in [6.45, 7) is 9.11. The molecule has 0 N–H and O–H groups in total. The Morgan fingerprint density at radius 3 is 1.80 bits per heavy atom. The van der Waals surface area contributed by atoms with Crippen molar-refractivity contribution in [3.8, 4) is 22.9 Å². The number of aromatic nitrogens is 5. The van der Waals surface area contributed by atoms with Gasteiger partial charge in [0, 0.05) is 56.6 Å². The van der Waals surface area contributed by atoms with Crippen molar-refractivity contribution in [1.82, 2.24) is 23.5 Å². The van der Waals surface area contributed by atoms with Crippen molar-refractivity contribution in [1.29, 1.82) is 0 Å². The number of anilines is 3. The van der Waals surface area contributed by atoms with Gasteiger partial charge in [-0.25, -0.2) is 9.97 Å². The van der Waals surface area contributed by atoms with Crippen LogP contribution in [0.15, 0.2) is 182 Å². The van der Waals surface area contributed by atoms with Gasteiger partial charge in [-0.15, -0.1) is 0 Å². The minimum Gasteiger partial charge on any atom is -0.310 e. The van der Waals surface area contributed by atoms with E-state index in [9.17, 15) is 0 Å². The lowest BCUT2D eigenvalue weighted by atomic mass is 9.92. The van der Waals surface area contributed by atoms with Gasteiger partial charge in [-0.1, -0.05) is 143 Å². The molecule has 11 rings (SSSR count). The summed E-state index contributed by atoms with van der Waals surface area (Å²) in [6.07, 6.45) is 6.08. The molecule has 60 heavy (non-hydrogen) atoms. The summed E-state index contributed by atoms with van der Waals surface area (Å²) in [4.78, 5) is 12.6. The Hall–Kier alpha value is -7.44. The Labute approximate surface area is 349 Å². The normalized spacial score (nSPS) is 12.0. The number of pyridine rings is 1. The molecule has 0 amide bonds. The van der Waals surface area contributed by atoms with Crippen LogP contribution >= 0.6 is 0 Å². The number of para-hydroxylation sites is 4. The fourth-order valence-corrected chi connectivity index (χ4v) is 9.35. The third kappa shape index (κ3) is 5.55. The maximum atomic E-state index is 5.14. The number of fused-ring (bicyclic) bond motifs is 9. The van der Waals surface area contributed by atoms with Crippen LogP contribution in [0.2, 0.25) is 0 Å². The summed E-state index contributed by atoms with van der Waals surface area (Å²) in [5, 5.41) is 5.82. The predicted molar refractivity (Wildman–Crippen MR) is 250 cm³/mol. The molecule has 0 saturated carbocycles. The van der Waals surface area contributed by atoms with Gasteiger partial charge >= 0.3 is 0 Å². The second-order valence-electron chi connectivity index (χ2n) is 16.3. The lowest BCUT2D eigenvalue weighted by molar-refractivity contribution is 0.796. The molecule has 0 saturated heterocycles. The summed E-state index contributed by atoms with van der Waals surface area (Å²) >= 11 is 0. The number of benzene rings is 7. The van der Waals surface area contributed by atoms with Gasteiger partial charge in [0.2, 0.25) is 5.95 Å². The van der Waals surface area contributed by atoms with Crippen molar-refractivity contribution in [2.75, 3.05) is 4.90 Å². The quantitative estimate of drug-likeness (QED) is 0.144. The monoisotopic (exact) mass is 776 g/mol. The molecule has 6 nitrogen and oxygen atoms in total. The third-order valence-electron chi connectivity index (χ3n) is 12.1. The van der Waals surface area contributed by atoms with Crippen LogP contribution in [0, 0.1) is 0 Å². The minimum atomic E-state index is 0.339. The fourth-order valence-electron chi connectivity index (χ4n) is 9.35. The van der Waals surface area contributed by atoms with Gasteiger partial charge in [-0.2, -0.15) is 0 Å². The Morgan fingerprint density at radius 1 is 0.483 bits per heavy atom. The average molecular weight is 777 g/mol. The van der Waals surface area contributed by atoms with Gasteiger partial charge in [0.05, 0.1) is 34.1 Å². The molecule has 4 aromatic heterocycles. The van der Waals surface area contributed by atoms with E-state index < -0.39 is 0 Å². The molecule has 0 atom stereocenters. The van der Waals surface area contributed by atoms with Crippen LogP contribution in [-0.2, 0) is 0 Å². The van der Waals surface area contributed by atoms with Crippen LogP contribution in [0.5, 0.6) is 0 Å². The van der Waals surface area contributed by atoms with Crippen LogP contribution < -0.4 is 4.90 Å². The highest BCUT2D eigenvalue weighted by Crippen LogP contribution is 2.43. The first-order chi connectivity index (χ1) is 29.5. The first-order valence-electron chi connectivity index (χ1n) is 20.9. The first-order valence-corrected chi connectivity index (χ1v) is 20.9. The zero-order valence-electron chi connectivity index (χ0n) is 34.2. The molecule has 4 heterocycles. The smallest absolute Gasteiger partial charge is 0.219 e. The highest BCUT2D eigenvalue weighted by molar-refractivity contribution is 6.14. The first kappa shape index (κ1) is 35.7. The predicted octanol–water partition coefficient (Wildman–Crippen LogP) is 14.3. The van der Waals surface area contributed by atoms with Gasteiger partial charge in [0.15, 0.2) is 0 Å². The van der Waals surface area contributed by atoms with E-state index in [0.29, 0.717) is 11.8 Å². The molecule has 0 radical (unpaired) electrons. The summed E-state index contributed by atoms with van der Waals surface area (Å²) in [7, 11) is 0. The van der Waals surface area contributed by atoms with E-state index in [-0.39, 0.29) is 0 Å². The van der Waals surface area contributed by atoms with Crippen LogP contribution in [0.1, 0.15) is 50.7 Å². The van der Waals surface area contributed by atoms with E-state index >= 15 is 0 Å². The minimum absolute atomic E-state index is 0.339. The van der Waals surface area contributed by atoms with Crippen molar-refractivity contribution < 1.29 is 0 Å². The van der Waals surface area contributed by atoms with Crippen molar-refractivity contribution in [3.63, 3.8) is 0 Å². The SMILES string of the molecule is CC(C)c1cccc(C(C)C)c1-n1ccnc1-n1c2ccccc2c2ccc(N(c3ccccc3)c3ccc4c5ccccc5n5c(-c6ccccc6)cnc5c4c3)cc21. The molecular formula is C54H44N6. The van der Waals surface area contributed by atoms with Gasteiger partial charge in [0.1, 0.15) is 5.65 Å². The van der Waals surface area contributed by atoms with E-state index in [1.165, 1.54) is 38.4 Å². The second kappa shape index (κ2) is 14.1. The van der Waals surface area contributed by atoms with E-state index in [0.717, 1.165) is 61.9 Å². The zero-order valence-corrected chi connectivity index (χ0v) is 34.2. The lowest BCUT2D eigenvalue weighted by Gasteiger charge is -2.26. The summed E-state index contributed by atoms with van der Waals surface area (Å²) in [6, 6.07) is 59.0. The molecule has 0 unspecified atom stereocenters. The van der Waals surface area contributed by atoms with Crippen molar-refractivity contribution in [2.24, 2.45) is 0 Å². The van der Waals surface area contributed by atoms with Crippen molar-refractivity contribution in [2.45, 2.75) is 39.5 Å². The van der Waals surface area contributed by atoms with E-state index in [1.54, 1.807) is 0 Å². The van der Waals surface area contributed by atoms with Crippen LogP contribution in [0.3, 0.4) is 0 Å². The average Bonchev–Trinajstić information content (AvgIpc) is 4.03. The summed E-state index contributed by atoms with van der Waals surface area (Å²) in [5.74, 6) is 1.55. The van der Waals surface area contributed by atoms with Gasteiger partial charge < -0.3 is 4.90 Å². The van der Waals surface area contributed by atoms with Gasteiger partial charge in [0.25, 0.3) is 0 Å². The van der Waals surface area contributed by atoms with E-state index in [1.807, 2.05) is 12.4 Å². The second-order valence-corrected chi connectivity index (χ2v) is 16.3. The van der Waals surface area contributed by atoms with Crippen LogP contribution in [-0.4, -0.2) is 23.5 Å². The molecule has 290 valence electrons. The standard InChI is InChI=1S/C54H44N6/c1-35(2)41-22-15-23-42(36(3)4)52(41)57-31-30-55-54(57)60-49-25-14-12-21-45(49)46-29-27-40(33-50(46)60)58(38-18-9-6-10-19-38)39-26-28-43-44-20-11-13-24-48(44)59-51(37-16-7-5-8-17-37)34-56-53(59)47(43)32-39/h5-36H,1-4H3. The lowest BCUT2D eigenvalue weighted by Crippen LogP contribution is -2.12. The van der Waals surface area contributed by atoms with Crippen LogP contribution in [0.4, 0.5) is 17.1 Å². The number of hydrogen-bond donors (Lipinski definition) is 0. The van der Waals surface area contributed by atoms with E-state index in [4.69, 9.17) is 9.97 Å². The summed E-state index contributed by atoms with van der Waals surface area (Å²) in [5.41, 5.74) is 13.5. The van der Waals surface area contributed by atoms with Crippen molar-refractivity contribution >= 4 is 66.2 Å². The maximum Gasteiger partial charge on any atom is 0.219 e. The maximum absolute atomic E-state index is 5.14. The van der Waals surface area contributed by atoms with Crippen molar-refractivity contribution in [3.05, 3.63) is 194 Å². The molecule has 7 aromatic carbocycles. The van der Waals surface area contributed by atoms with E-state index in [2.05, 4.69) is 216 Å². The number of nitrogens with zero attached hydrogens (tertiary/aromatic N) is 6.